The monoisotopic (exact) mass is 434 g/mol. The van der Waals surface area contributed by atoms with Crippen LogP contribution in [0.5, 0.6) is 0 Å². The van der Waals surface area contributed by atoms with E-state index in [9.17, 15) is 13.2 Å². The van der Waals surface area contributed by atoms with E-state index in [1.54, 1.807) is 43.3 Å². The Hall–Kier alpha value is -3.91. The van der Waals surface area contributed by atoms with Gasteiger partial charge in [0.25, 0.3) is 10.0 Å². The largest absolute Gasteiger partial charge is 0.478 e. The van der Waals surface area contributed by atoms with E-state index >= 15 is 0 Å². The molecule has 4 aromatic rings. The number of benzene rings is 3. The average Bonchev–Trinajstić information content (AvgIpc) is 3.21. The highest BCUT2D eigenvalue weighted by atomic mass is 32.2. The molecule has 0 unspecified atom stereocenters. The van der Waals surface area contributed by atoms with Crippen molar-refractivity contribution in [3.05, 3.63) is 89.7 Å². The fourth-order valence-electron chi connectivity index (χ4n) is 3.19. The molecule has 2 N–H and O–H groups in total. The molecule has 8 heteroatoms. The number of nitrogens with one attached hydrogen (secondary N) is 1. The van der Waals surface area contributed by atoms with Crippen LogP contribution in [0.2, 0.25) is 0 Å². The number of carboxylic acids is 1. The number of fused-ring (bicyclic) bond motifs is 1. The van der Waals surface area contributed by atoms with Gasteiger partial charge in [0.2, 0.25) is 0 Å². The van der Waals surface area contributed by atoms with Gasteiger partial charge in [0.1, 0.15) is 11.5 Å². The Morgan fingerprint density at radius 1 is 1.00 bits per heavy atom. The van der Waals surface area contributed by atoms with Gasteiger partial charge >= 0.3 is 5.97 Å². The third kappa shape index (κ3) is 4.34. The molecule has 0 bridgehead atoms. The van der Waals surface area contributed by atoms with E-state index in [-0.39, 0.29) is 10.5 Å². The lowest BCUT2D eigenvalue weighted by Crippen LogP contribution is -2.18. The number of sulfonamides is 1. The lowest BCUT2D eigenvalue weighted by atomic mass is 10.0. The van der Waals surface area contributed by atoms with Gasteiger partial charge < -0.3 is 9.52 Å². The zero-order valence-electron chi connectivity index (χ0n) is 16.4. The molecular weight excluding hydrogens is 416 g/mol. The minimum Gasteiger partial charge on any atom is -0.478 e. The molecule has 0 amide bonds. The minimum atomic E-state index is -3.83. The Labute approximate surface area is 178 Å². The van der Waals surface area contributed by atoms with Crippen molar-refractivity contribution in [1.29, 1.82) is 0 Å². The number of hydrazone groups is 1. The maximum Gasteiger partial charge on any atom is 0.335 e. The predicted octanol–water partition coefficient (Wildman–Crippen LogP) is 4.42. The van der Waals surface area contributed by atoms with Crippen LogP contribution in [0.1, 0.15) is 21.7 Å². The number of rotatable bonds is 6. The van der Waals surface area contributed by atoms with E-state index in [4.69, 9.17) is 9.52 Å². The Balaban J connectivity index is 1.50. The van der Waals surface area contributed by atoms with Gasteiger partial charge in [0.05, 0.1) is 16.7 Å². The summed E-state index contributed by atoms with van der Waals surface area (Å²) in [7, 11) is -3.83. The van der Waals surface area contributed by atoms with E-state index in [0.717, 1.165) is 21.9 Å². The summed E-state index contributed by atoms with van der Waals surface area (Å²) in [5, 5.41) is 14.6. The smallest absolute Gasteiger partial charge is 0.335 e. The second-order valence-corrected chi connectivity index (χ2v) is 8.56. The van der Waals surface area contributed by atoms with Crippen LogP contribution in [0.3, 0.4) is 0 Å². The summed E-state index contributed by atoms with van der Waals surface area (Å²) in [6.07, 6.45) is 1.27. The van der Waals surface area contributed by atoms with Gasteiger partial charge in [-0.05, 0) is 59.7 Å². The van der Waals surface area contributed by atoms with Crippen LogP contribution in [-0.2, 0) is 10.0 Å². The van der Waals surface area contributed by atoms with E-state index in [1.165, 1.54) is 18.3 Å². The van der Waals surface area contributed by atoms with Crippen molar-refractivity contribution in [3.63, 3.8) is 0 Å². The highest BCUT2D eigenvalue weighted by molar-refractivity contribution is 7.89. The Morgan fingerprint density at radius 2 is 1.77 bits per heavy atom. The summed E-state index contributed by atoms with van der Waals surface area (Å²) < 4.78 is 30.7. The predicted molar refractivity (Wildman–Crippen MR) is 118 cm³/mol. The molecule has 1 aromatic heterocycles. The molecule has 0 aliphatic heterocycles. The number of carboxylic acid groups (broad SMARTS) is 1. The van der Waals surface area contributed by atoms with Gasteiger partial charge in [-0.3, -0.25) is 0 Å². The lowest BCUT2D eigenvalue weighted by Gasteiger charge is -2.05. The van der Waals surface area contributed by atoms with Gasteiger partial charge in [-0.2, -0.15) is 18.4 Å². The Bertz CT molecular complexity index is 1420. The maximum absolute atomic E-state index is 12.5. The standard InChI is InChI=1S/C23H18N2O5S/c1-15-12-18(23(26)27)7-10-21(15)22-11-8-19(30-22)14-24-25-31(28,29)20-9-6-16-4-2-3-5-17(16)13-20/h2-14,25H,1H3,(H,26,27)/b24-14+. The van der Waals surface area contributed by atoms with Crippen LogP contribution in [0, 0.1) is 6.92 Å². The summed E-state index contributed by atoms with van der Waals surface area (Å²) in [6.45, 7) is 1.79. The first kappa shape index (κ1) is 20.4. The molecule has 0 radical (unpaired) electrons. The van der Waals surface area contributed by atoms with Gasteiger partial charge in [0, 0.05) is 5.56 Å². The van der Waals surface area contributed by atoms with E-state index in [1.807, 2.05) is 24.3 Å². The fourth-order valence-corrected chi connectivity index (χ4v) is 4.01. The van der Waals surface area contributed by atoms with Gasteiger partial charge in [-0.25, -0.2) is 4.79 Å². The van der Waals surface area contributed by atoms with Crippen LogP contribution < -0.4 is 4.83 Å². The van der Waals surface area contributed by atoms with Crippen molar-refractivity contribution in [2.45, 2.75) is 11.8 Å². The molecule has 0 fully saturated rings. The number of hydrogen-bond donors (Lipinski definition) is 2. The molecule has 0 aliphatic carbocycles. The summed E-state index contributed by atoms with van der Waals surface area (Å²) >= 11 is 0. The second kappa shape index (κ2) is 8.08. The number of nitrogens with zero attached hydrogens (tertiary/aromatic N) is 1. The van der Waals surface area contributed by atoms with Crippen LogP contribution in [0.4, 0.5) is 0 Å². The van der Waals surface area contributed by atoms with Crippen LogP contribution >= 0.6 is 0 Å². The van der Waals surface area contributed by atoms with E-state index in [2.05, 4.69) is 9.93 Å². The third-order valence-corrected chi connectivity index (χ3v) is 5.98. The SMILES string of the molecule is Cc1cc(C(=O)O)ccc1-c1ccc(/C=N/NS(=O)(=O)c2ccc3ccccc3c2)o1. The summed E-state index contributed by atoms with van der Waals surface area (Å²) in [5.41, 5.74) is 1.67. The first-order valence-corrected chi connectivity index (χ1v) is 10.8. The zero-order valence-corrected chi connectivity index (χ0v) is 17.3. The quantitative estimate of drug-likeness (QED) is 0.345. The second-order valence-electron chi connectivity index (χ2n) is 6.90. The molecule has 0 saturated heterocycles. The van der Waals surface area contributed by atoms with Crippen molar-refractivity contribution in [3.8, 4) is 11.3 Å². The van der Waals surface area contributed by atoms with Crippen molar-refractivity contribution in [1.82, 2.24) is 4.83 Å². The number of aryl methyl sites for hydroxylation is 1. The van der Waals surface area contributed by atoms with Crippen LogP contribution in [0.25, 0.3) is 22.1 Å². The molecule has 0 atom stereocenters. The molecule has 156 valence electrons. The molecule has 0 aliphatic rings. The molecule has 0 saturated carbocycles. The average molecular weight is 434 g/mol. The highest BCUT2D eigenvalue weighted by Gasteiger charge is 2.14. The van der Waals surface area contributed by atoms with Crippen molar-refractivity contribution >= 4 is 33.0 Å². The molecule has 1 heterocycles. The molecule has 0 spiro atoms. The number of hydrogen-bond acceptors (Lipinski definition) is 5. The normalized spacial score (nSPS) is 11.8. The van der Waals surface area contributed by atoms with Crippen LogP contribution in [0.15, 0.2) is 87.2 Å². The molecule has 4 rings (SSSR count). The molecule has 7 nitrogen and oxygen atoms in total. The number of furan rings is 1. The van der Waals surface area contributed by atoms with E-state index < -0.39 is 16.0 Å². The van der Waals surface area contributed by atoms with Gasteiger partial charge in [-0.1, -0.05) is 36.4 Å². The minimum absolute atomic E-state index is 0.109. The van der Waals surface area contributed by atoms with Crippen molar-refractivity contribution < 1.29 is 22.7 Å². The topological polar surface area (TPSA) is 109 Å². The molecular formula is C23H18N2O5S. The van der Waals surface area contributed by atoms with Crippen molar-refractivity contribution in [2.24, 2.45) is 5.10 Å². The summed E-state index contributed by atoms with van der Waals surface area (Å²) in [5.74, 6) is -0.133. The maximum atomic E-state index is 12.5. The number of aromatic carboxylic acids is 1. The van der Waals surface area contributed by atoms with Crippen LogP contribution in [-0.4, -0.2) is 25.7 Å². The summed E-state index contributed by atoms with van der Waals surface area (Å²) in [6, 6.07) is 20.4. The molecule has 3 aromatic carbocycles. The third-order valence-electron chi connectivity index (χ3n) is 4.76. The lowest BCUT2D eigenvalue weighted by molar-refractivity contribution is 0.0696. The summed E-state index contributed by atoms with van der Waals surface area (Å²) in [4.78, 5) is 13.4. The Kier molecular flexibility index (Phi) is 5.31. The number of carbonyl (C=O) groups is 1. The Morgan fingerprint density at radius 3 is 2.52 bits per heavy atom. The van der Waals surface area contributed by atoms with Gasteiger partial charge in [-0.15, -0.1) is 0 Å². The zero-order chi connectivity index (χ0) is 22.0. The fraction of sp³-hybridized carbons (Fsp3) is 0.0435. The first-order chi connectivity index (χ1) is 14.8. The highest BCUT2D eigenvalue weighted by Crippen LogP contribution is 2.26. The van der Waals surface area contributed by atoms with Crippen molar-refractivity contribution in [2.75, 3.05) is 0 Å². The van der Waals surface area contributed by atoms with E-state index in [0.29, 0.717) is 11.5 Å². The van der Waals surface area contributed by atoms with Gasteiger partial charge in [0.15, 0.2) is 0 Å². The molecule has 31 heavy (non-hydrogen) atoms. The first-order valence-electron chi connectivity index (χ1n) is 9.31.